The number of hydrogen-bond acceptors (Lipinski definition) is 0. The SMILES string of the molecule is C=C1CC2CC=CC2CC1C. The monoisotopic (exact) mass is 148 g/mol. The molecule has 2 aliphatic rings. The first-order chi connectivity index (χ1) is 5.27. The number of allylic oxidation sites excluding steroid dienone is 3. The fourth-order valence-corrected chi connectivity index (χ4v) is 2.38. The van der Waals surface area contributed by atoms with Crippen molar-refractivity contribution in [2.45, 2.75) is 26.2 Å². The molecular formula is C11H16. The van der Waals surface area contributed by atoms with Gasteiger partial charge in [0.25, 0.3) is 0 Å². The predicted octanol–water partition coefficient (Wildman–Crippen LogP) is 3.16. The van der Waals surface area contributed by atoms with Gasteiger partial charge in [-0.1, -0.05) is 31.2 Å². The average molecular weight is 148 g/mol. The first-order valence-corrected chi connectivity index (χ1v) is 4.61. The second-order valence-electron chi connectivity index (χ2n) is 4.09. The molecular weight excluding hydrogens is 132 g/mol. The summed E-state index contributed by atoms with van der Waals surface area (Å²) in [6.07, 6.45) is 8.68. The Morgan fingerprint density at radius 3 is 3.18 bits per heavy atom. The number of fused-ring (bicyclic) bond motifs is 1. The van der Waals surface area contributed by atoms with Gasteiger partial charge in [-0.3, -0.25) is 0 Å². The molecule has 2 aliphatic carbocycles. The fraction of sp³-hybridized carbons (Fsp3) is 0.636. The Morgan fingerprint density at radius 1 is 1.55 bits per heavy atom. The van der Waals surface area contributed by atoms with Gasteiger partial charge in [-0.05, 0) is 37.0 Å². The van der Waals surface area contributed by atoms with Crippen LogP contribution in [0.2, 0.25) is 0 Å². The van der Waals surface area contributed by atoms with Crippen molar-refractivity contribution >= 4 is 0 Å². The summed E-state index contributed by atoms with van der Waals surface area (Å²) >= 11 is 0. The quantitative estimate of drug-likeness (QED) is 0.463. The maximum atomic E-state index is 4.13. The topological polar surface area (TPSA) is 0 Å². The molecule has 0 aromatic heterocycles. The first kappa shape index (κ1) is 7.15. The Bertz CT molecular complexity index is 200. The molecule has 11 heavy (non-hydrogen) atoms. The molecule has 0 saturated heterocycles. The van der Waals surface area contributed by atoms with Crippen molar-refractivity contribution in [1.29, 1.82) is 0 Å². The van der Waals surface area contributed by atoms with Crippen molar-refractivity contribution in [3.05, 3.63) is 24.3 Å². The Labute approximate surface area is 69.0 Å². The summed E-state index contributed by atoms with van der Waals surface area (Å²) in [6.45, 7) is 6.44. The van der Waals surface area contributed by atoms with Crippen LogP contribution in [0.25, 0.3) is 0 Å². The summed E-state index contributed by atoms with van der Waals surface area (Å²) in [6, 6.07) is 0. The third-order valence-electron chi connectivity index (χ3n) is 3.27. The van der Waals surface area contributed by atoms with Gasteiger partial charge in [0.2, 0.25) is 0 Å². The second-order valence-corrected chi connectivity index (χ2v) is 4.09. The van der Waals surface area contributed by atoms with E-state index in [1.165, 1.54) is 24.8 Å². The highest BCUT2D eigenvalue weighted by Crippen LogP contribution is 2.42. The standard InChI is InChI=1S/C11H16/c1-8-6-10-4-3-5-11(10)7-9(8)2/h3,5,9-11H,1,4,6-7H2,2H3. The highest BCUT2D eigenvalue weighted by atomic mass is 14.4. The molecule has 0 aliphatic heterocycles. The van der Waals surface area contributed by atoms with E-state index in [4.69, 9.17) is 0 Å². The summed E-state index contributed by atoms with van der Waals surface area (Å²) in [5.41, 5.74) is 1.48. The van der Waals surface area contributed by atoms with Gasteiger partial charge in [0, 0.05) is 0 Å². The predicted molar refractivity (Wildman–Crippen MR) is 48.3 cm³/mol. The molecule has 0 N–H and O–H groups in total. The van der Waals surface area contributed by atoms with Crippen LogP contribution in [0.5, 0.6) is 0 Å². The molecule has 0 heterocycles. The fourth-order valence-electron chi connectivity index (χ4n) is 2.38. The molecule has 60 valence electrons. The molecule has 0 nitrogen and oxygen atoms in total. The molecule has 3 atom stereocenters. The van der Waals surface area contributed by atoms with Gasteiger partial charge in [0.05, 0.1) is 0 Å². The van der Waals surface area contributed by atoms with Crippen molar-refractivity contribution in [3.8, 4) is 0 Å². The third-order valence-corrected chi connectivity index (χ3v) is 3.27. The van der Waals surface area contributed by atoms with E-state index >= 15 is 0 Å². The van der Waals surface area contributed by atoms with Crippen molar-refractivity contribution in [1.82, 2.24) is 0 Å². The summed E-state index contributed by atoms with van der Waals surface area (Å²) < 4.78 is 0. The van der Waals surface area contributed by atoms with Gasteiger partial charge < -0.3 is 0 Å². The lowest BCUT2D eigenvalue weighted by atomic mass is 9.74. The molecule has 0 spiro atoms. The minimum absolute atomic E-state index is 0.763. The molecule has 0 heteroatoms. The van der Waals surface area contributed by atoms with E-state index in [1.807, 2.05) is 0 Å². The van der Waals surface area contributed by atoms with Gasteiger partial charge in [0.15, 0.2) is 0 Å². The Morgan fingerprint density at radius 2 is 2.36 bits per heavy atom. The van der Waals surface area contributed by atoms with Crippen molar-refractivity contribution < 1.29 is 0 Å². The maximum absolute atomic E-state index is 4.13. The van der Waals surface area contributed by atoms with Gasteiger partial charge in [-0.2, -0.15) is 0 Å². The van der Waals surface area contributed by atoms with Crippen LogP contribution >= 0.6 is 0 Å². The molecule has 0 radical (unpaired) electrons. The highest BCUT2D eigenvalue weighted by Gasteiger charge is 2.30. The highest BCUT2D eigenvalue weighted by molar-refractivity contribution is 5.13. The Hall–Kier alpha value is -0.520. The molecule has 0 aromatic rings. The zero-order valence-corrected chi connectivity index (χ0v) is 7.22. The summed E-state index contributed by atoms with van der Waals surface area (Å²) in [7, 11) is 0. The summed E-state index contributed by atoms with van der Waals surface area (Å²) in [5, 5.41) is 0. The molecule has 2 rings (SSSR count). The minimum Gasteiger partial charge on any atom is -0.0996 e. The van der Waals surface area contributed by atoms with Crippen molar-refractivity contribution in [2.24, 2.45) is 17.8 Å². The summed E-state index contributed by atoms with van der Waals surface area (Å²) in [4.78, 5) is 0. The molecule has 1 fully saturated rings. The number of hydrogen-bond donors (Lipinski definition) is 0. The van der Waals surface area contributed by atoms with Crippen LogP contribution in [0, 0.1) is 17.8 Å². The van der Waals surface area contributed by atoms with Crippen molar-refractivity contribution in [2.75, 3.05) is 0 Å². The van der Waals surface area contributed by atoms with E-state index in [0.29, 0.717) is 0 Å². The van der Waals surface area contributed by atoms with Crippen LogP contribution in [0.15, 0.2) is 24.3 Å². The van der Waals surface area contributed by atoms with Crippen molar-refractivity contribution in [3.63, 3.8) is 0 Å². The van der Waals surface area contributed by atoms with E-state index in [0.717, 1.165) is 17.8 Å². The Balaban J connectivity index is 2.10. The third kappa shape index (κ3) is 1.15. The Kier molecular flexibility index (Phi) is 1.63. The first-order valence-electron chi connectivity index (χ1n) is 4.61. The lowest BCUT2D eigenvalue weighted by molar-refractivity contribution is 0.306. The number of rotatable bonds is 0. The van der Waals surface area contributed by atoms with Gasteiger partial charge in [-0.15, -0.1) is 0 Å². The van der Waals surface area contributed by atoms with Crippen LogP contribution < -0.4 is 0 Å². The summed E-state index contributed by atoms with van der Waals surface area (Å²) in [5.74, 6) is 2.56. The maximum Gasteiger partial charge on any atom is -0.0194 e. The lowest BCUT2D eigenvalue weighted by Crippen LogP contribution is -2.20. The van der Waals surface area contributed by atoms with E-state index < -0.39 is 0 Å². The van der Waals surface area contributed by atoms with E-state index in [1.54, 1.807) is 0 Å². The van der Waals surface area contributed by atoms with Gasteiger partial charge >= 0.3 is 0 Å². The van der Waals surface area contributed by atoms with Crippen LogP contribution in [0.1, 0.15) is 26.2 Å². The zero-order valence-electron chi connectivity index (χ0n) is 7.22. The zero-order chi connectivity index (χ0) is 7.84. The molecule has 0 amide bonds. The van der Waals surface area contributed by atoms with Gasteiger partial charge in [0.1, 0.15) is 0 Å². The average Bonchev–Trinajstić information content (AvgIpc) is 2.36. The normalized spacial score (nSPS) is 42.6. The lowest BCUT2D eigenvalue weighted by Gasteiger charge is -2.31. The van der Waals surface area contributed by atoms with E-state index in [2.05, 4.69) is 25.7 Å². The molecule has 1 saturated carbocycles. The van der Waals surface area contributed by atoms with Gasteiger partial charge in [-0.25, -0.2) is 0 Å². The molecule has 3 unspecified atom stereocenters. The second kappa shape index (κ2) is 2.51. The largest absolute Gasteiger partial charge is 0.0996 e. The van der Waals surface area contributed by atoms with Crippen LogP contribution in [0.3, 0.4) is 0 Å². The molecule has 0 bridgehead atoms. The molecule has 0 aromatic carbocycles. The van der Waals surface area contributed by atoms with E-state index in [9.17, 15) is 0 Å². The van der Waals surface area contributed by atoms with Crippen LogP contribution in [-0.2, 0) is 0 Å². The smallest absolute Gasteiger partial charge is 0.0194 e. The minimum atomic E-state index is 0.763. The van der Waals surface area contributed by atoms with Crippen LogP contribution in [-0.4, -0.2) is 0 Å². The van der Waals surface area contributed by atoms with E-state index in [-0.39, 0.29) is 0 Å². The van der Waals surface area contributed by atoms with Crippen LogP contribution in [0.4, 0.5) is 0 Å².